The van der Waals surface area contributed by atoms with Crippen LogP contribution in [-0.4, -0.2) is 28.1 Å². The van der Waals surface area contributed by atoms with Crippen LogP contribution in [0, 0.1) is 13.8 Å². The maximum Gasteiger partial charge on any atom is 0.321 e. The van der Waals surface area contributed by atoms with E-state index in [1.807, 2.05) is 6.92 Å². The maximum absolute atomic E-state index is 12.4. The number of carbonyl (C=O) groups is 2. The molecule has 1 aliphatic rings. The molecule has 1 aromatic carbocycles. The van der Waals surface area contributed by atoms with Crippen LogP contribution < -0.4 is 16.0 Å². The first-order chi connectivity index (χ1) is 11.4. The smallest absolute Gasteiger partial charge is 0.321 e. The second-order valence-electron chi connectivity index (χ2n) is 5.76. The molecule has 1 aliphatic carbocycles. The van der Waals surface area contributed by atoms with Crippen molar-refractivity contribution in [1.82, 2.24) is 10.3 Å². The molecule has 1 heterocycles. The van der Waals surface area contributed by atoms with Crippen LogP contribution in [0.15, 0.2) is 18.3 Å². The summed E-state index contributed by atoms with van der Waals surface area (Å²) in [7, 11) is 0. The number of benzene rings is 1. The van der Waals surface area contributed by atoms with Crippen molar-refractivity contribution in [3.63, 3.8) is 0 Å². The molecule has 7 nitrogen and oxygen atoms in total. The average Bonchev–Trinajstić information content (AvgIpc) is 3.22. The average molecular weight is 346 g/mol. The molecule has 0 saturated heterocycles. The number of hydrogen-bond donors (Lipinski definition) is 4. The van der Waals surface area contributed by atoms with E-state index in [2.05, 4.69) is 20.9 Å². The van der Waals surface area contributed by atoms with E-state index in [1.54, 1.807) is 19.1 Å². The van der Waals surface area contributed by atoms with E-state index in [-0.39, 0.29) is 23.7 Å². The lowest BCUT2D eigenvalue weighted by Crippen LogP contribution is -2.30. The van der Waals surface area contributed by atoms with Crippen molar-refractivity contribution < 1.29 is 14.7 Å². The van der Waals surface area contributed by atoms with Crippen LogP contribution >= 0.6 is 11.3 Å². The van der Waals surface area contributed by atoms with E-state index in [9.17, 15) is 14.7 Å². The second kappa shape index (κ2) is 6.48. The largest absolute Gasteiger partial charge is 0.508 e. The third-order valence-corrected chi connectivity index (χ3v) is 4.66. The van der Waals surface area contributed by atoms with Gasteiger partial charge in [0.15, 0.2) is 5.13 Å². The molecular formula is C16H18N4O3S. The van der Waals surface area contributed by atoms with Crippen molar-refractivity contribution in [1.29, 1.82) is 0 Å². The van der Waals surface area contributed by atoms with Gasteiger partial charge in [-0.05, 0) is 38.3 Å². The number of urea groups is 1. The molecule has 3 rings (SSSR count). The number of anilines is 2. The van der Waals surface area contributed by atoms with Gasteiger partial charge in [-0.3, -0.25) is 10.1 Å². The van der Waals surface area contributed by atoms with Gasteiger partial charge in [0.05, 0.1) is 11.9 Å². The van der Waals surface area contributed by atoms with Gasteiger partial charge in [-0.1, -0.05) is 17.4 Å². The van der Waals surface area contributed by atoms with Crippen LogP contribution in [0.1, 0.15) is 33.6 Å². The number of carbonyl (C=O) groups excluding carboxylic acids is 2. The fraction of sp³-hybridized carbons (Fsp3) is 0.312. The van der Waals surface area contributed by atoms with Crippen LogP contribution in [0.3, 0.4) is 0 Å². The highest BCUT2D eigenvalue weighted by molar-refractivity contribution is 7.17. The fourth-order valence-electron chi connectivity index (χ4n) is 2.19. The standard InChI is InChI=1S/C16H18N4O3S/c1-8-3-6-11(21)9(2)13(8)19-14(22)12-7-17-16(24-12)20-15(23)18-10-4-5-10/h3,6-7,10,21H,4-5H2,1-2H3,(H,19,22)(H2,17,18,20,23). The molecule has 3 amide bonds. The van der Waals surface area contributed by atoms with E-state index in [0.29, 0.717) is 21.3 Å². The summed E-state index contributed by atoms with van der Waals surface area (Å²) in [6, 6.07) is 3.27. The lowest BCUT2D eigenvalue weighted by atomic mass is 10.1. The fourth-order valence-corrected chi connectivity index (χ4v) is 2.89. The van der Waals surface area contributed by atoms with Gasteiger partial charge < -0.3 is 15.7 Å². The molecule has 8 heteroatoms. The topological polar surface area (TPSA) is 103 Å². The van der Waals surface area contributed by atoms with E-state index < -0.39 is 0 Å². The molecule has 126 valence electrons. The highest BCUT2D eigenvalue weighted by Crippen LogP contribution is 2.29. The van der Waals surface area contributed by atoms with E-state index in [0.717, 1.165) is 29.7 Å². The number of aromatic nitrogens is 1. The summed E-state index contributed by atoms with van der Waals surface area (Å²) in [5.41, 5.74) is 2.04. The third kappa shape index (κ3) is 3.65. The minimum atomic E-state index is -0.333. The van der Waals surface area contributed by atoms with E-state index in [4.69, 9.17) is 0 Å². The minimum absolute atomic E-state index is 0.124. The first-order valence-electron chi connectivity index (χ1n) is 7.58. The maximum atomic E-state index is 12.4. The number of thiazole rings is 1. The van der Waals surface area contributed by atoms with Crippen molar-refractivity contribution in [3.05, 3.63) is 34.3 Å². The van der Waals surface area contributed by atoms with Gasteiger partial charge in [0.1, 0.15) is 10.6 Å². The number of aromatic hydroxyl groups is 1. The van der Waals surface area contributed by atoms with E-state index >= 15 is 0 Å². The molecule has 0 radical (unpaired) electrons. The highest BCUT2D eigenvalue weighted by Gasteiger charge is 2.23. The summed E-state index contributed by atoms with van der Waals surface area (Å²) in [4.78, 5) is 28.5. The number of phenolic OH excluding ortho intramolecular Hbond substituents is 1. The Morgan fingerprint density at radius 2 is 2.00 bits per heavy atom. The SMILES string of the molecule is Cc1ccc(O)c(C)c1NC(=O)c1cnc(NC(=O)NC2CC2)s1. The molecule has 1 aromatic heterocycles. The summed E-state index contributed by atoms with van der Waals surface area (Å²) < 4.78 is 0. The van der Waals surface area contributed by atoms with Crippen molar-refractivity contribution in [2.24, 2.45) is 0 Å². The van der Waals surface area contributed by atoms with Gasteiger partial charge in [-0.2, -0.15) is 0 Å². The van der Waals surface area contributed by atoms with Gasteiger partial charge in [0, 0.05) is 11.6 Å². The van der Waals surface area contributed by atoms with Crippen molar-refractivity contribution in [2.45, 2.75) is 32.7 Å². The molecule has 0 spiro atoms. The summed E-state index contributed by atoms with van der Waals surface area (Å²) >= 11 is 1.09. The van der Waals surface area contributed by atoms with Gasteiger partial charge in [-0.25, -0.2) is 9.78 Å². The van der Waals surface area contributed by atoms with Crippen LogP contribution in [0.2, 0.25) is 0 Å². The van der Waals surface area contributed by atoms with E-state index in [1.165, 1.54) is 6.20 Å². The van der Waals surface area contributed by atoms with Crippen LogP contribution in [-0.2, 0) is 0 Å². The predicted octanol–water partition coefficient (Wildman–Crippen LogP) is 3.00. The first-order valence-corrected chi connectivity index (χ1v) is 8.39. The number of nitrogens with zero attached hydrogens (tertiary/aromatic N) is 1. The Morgan fingerprint density at radius 3 is 2.71 bits per heavy atom. The Balaban J connectivity index is 1.67. The molecule has 0 unspecified atom stereocenters. The Bertz CT molecular complexity index is 799. The minimum Gasteiger partial charge on any atom is -0.508 e. The highest BCUT2D eigenvalue weighted by atomic mass is 32.1. The monoisotopic (exact) mass is 346 g/mol. The molecule has 0 atom stereocenters. The zero-order valence-corrected chi connectivity index (χ0v) is 14.2. The molecule has 1 fully saturated rings. The number of aryl methyl sites for hydroxylation is 1. The Morgan fingerprint density at radius 1 is 1.25 bits per heavy atom. The Kier molecular flexibility index (Phi) is 4.39. The van der Waals surface area contributed by atoms with Crippen molar-refractivity contribution in [2.75, 3.05) is 10.6 Å². The van der Waals surface area contributed by atoms with Crippen LogP contribution in [0.5, 0.6) is 5.75 Å². The quantitative estimate of drug-likeness (QED) is 0.683. The van der Waals surface area contributed by atoms with Crippen LogP contribution in [0.25, 0.3) is 0 Å². The van der Waals surface area contributed by atoms with Gasteiger partial charge in [-0.15, -0.1) is 0 Å². The third-order valence-electron chi connectivity index (χ3n) is 3.75. The van der Waals surface area contributed by atoms with Crippen molar-refractivity contribution >= 4 is 34.1 Å². The second-order valence-corrected chi connectivity index (χ2v) is 6.79. The lowest BCUT2D eigenvalue weighted by molar-refractivity contribution is 0.103. The Hall–Kier alpha value is -2.61. The molecule has 0 aliphatic heterocycles. The molecule has 0 bridgehead atoms. The lowest BCUT2D eigenvalue weighted by Gasteiger charge is -2.11. The summed E-state index contributed by atoms with van der Waals surface area (Å²) in [5.74, 6) is -0.209. The normalized spacial score (nSPS) is 13.4. The number of amides is 3. The summed E-state index contributed by atoms with van der Waals surface area (Å²) in [6.45, 7) is 3.59. The number of nitrogens with one attached hydrogen (secondary N) is 3. The number of phenols is 1. The molecule has 4 N–H and O–H groups in total. The number of hydrogen-bond acceptors (Lipinski definition) is 5. The van der Waals surface area contributed by atoms with Crippen LogP contribution in [0.4, 0.5) is 15.6 Å². The van der Waals surface area contributed by atoms with Crippen molar-refractivity contribution in [3.8, 4) is 5.75 Å². The predicted molar refractivity (Wildman–Crippen MR) is 92.8 cm³/mol. The van der Waals surface area contributed by atoms with Gasteiger partial charge >= 0.3 is 6.03 Å². The molecule has 24 heavy (non-hydrogen) atoms. The number of rotatable bonds is 4. The summed E-state index contributed by atoms with van der Waals surface area (Å²) in [6.07, 6.45) is 3.42. The van der Waals surface area contributed by atoms with Gasteiger partial charge in [0.25, 0.3) is 5.91 Å². The first kappa shape index (κ1) is 16.3. The molecule has 1 saturated carbocycles. The summed E-state index contributed by atoms with van der Waals surface area (Å²) in [5, 5.41) is 18.3. The van der Waals surface area contributed by atoms with Gasteiger partial charge in [0.2, 0.25) is 0 Å². The zero-order chi connectivity index (χ0) is 17.3. The molecular weight excluding hydrogens is 328 g/mol. The molecule has 2 aromatic rings. The Labute approximate surface area is 143 Å². The zero-order valence-electron chi connectivity index (χ0n) is 13.3.